The third-order valence-electron chi connectivity index (χ3n) is 3.23. The van der Waals surface area contributed by atoms with E-state index in [-0.39, 0.29) is 12.6 Å². The van der Waals surface area contributed by atoms with Gasteiger partial charge in [-0.2, -0.15) is 5.10 Å². The number of aliphatic hydroxyl groups is 1. The highest BCUT2D eigenvalue weighted by atomic mass is 16.3. The maximum Gasteiger partial charge on any atom is 0.0645 e. The molecule has 1 aromatic carbocycles. The minimum Gasteiger partial charge on any atom is -0.395 e. The second-order valence-corrected chi connectivity index (χ2v) is 5.04. The molecule has 4 heteroatoms. The number of para-hydroxylation sites is 1. The molecule has 0 aliphatic heterocycles. The number of aromatic nitrogens is 2. The van der Waals surface area contributed by atoms with E-state index >= 15 is 0 Å². The Bertz CT molecular complexity index is 493. The molecular weight excluding hydrogens is 238 g/mol. The highest BCUT2D eigenvalue weighted by Gasteiger charge is 2.11. The Balaban J connectivity index is 1.98. The SMILES string of the molecule is CC(C)[C@@H](CO)NCc1cnn(-c2ccccc2)c1. The van der Waals surface area contributed by atoms with Gasteiger partial charge in [-0.3, -0.25) is 0 Å². The van der Waals surface area contributed by atoms with E-state index in [9.17, 15) is 5.11 Å². The molecule has 0 unspecified atom stereocenters. The summed E-state index contributed by atoms with van der Waals surface area (Å²) in [5, 5.41) is 17.0. The van der Waals surface area contributed by atoms with Gasteiger partial charge in [0.1, 0.15) is 0 Å². The van der Waals surface area contributed by atoms with Crippen molar-refractivity contribution in [1.29, 1.82) is 0 Å². The topological polar surface area (TPSA) is 50.1 Å². The predicted molar refractivity (Wildman–Crippen MR) is 76.1 cm³/mol. The summed E-state index contributed by atoms with van der Waals surface area (Å²) in [6, 6.07) is 10.2. The molecule has 0 radical (unpaired) electrons. The Morgan fingerprint density at radius 1 is 1.26 bits per heavy atom. The molecule has 2 aromatic rings. The molecule has 1 heterocycles. The Morgan fingerprint density at radius 3 is 2.63 bits per heavy atom. The first-order valence-electron chi connectivity index (χ1n) is 6.64. The van der Waals surface area contributed by atoms with Crippen LogP contribution in [0.25, 0.3) is 5.69 Å². The molecule has 2 rings (SSSR count). The molecule has 4 nitrogen and oxygen atoms in total. The van der Waals surface area contributed by atoms with E-state index in [0.717, 1.165) is 17.8 Å². The van der Waals surface area contributed by atoms with Crippen molar-refractivity contribution < 1.29 is 5.11 Å². The van der Waals surface area contributed by atoms with Crippen molar-refractivity contribution in [2.24, 2.45) is 5.92 Å². The molecule has 102 valence electrons. The van der Waals surface area contributed by atoms with Crippen LogP contribution in [0, 0.1) is 5.92 Å². The smallest absolute Gasteiger partial charge is 0.0645 e. The summed E-state index contributed by atoms with van der Waals surface area (Å²) in [4.78, 5) is 0. The lowest BCUT2D eigenvalue weighted by Crippen LogP contribution is -2.36. The lowest BCUT2D eigenvalue weighted by atomic mass is 10.1. The van der Waals surface area contributed by atoms with Gasteiger partial charge in [0.2, 0.25) is 0 Å². The van der Waals surface area contributed by atoms with Crippen molar-refractivity contribution in [2.45, 2.75) is 26.4 Å². The van der Waals surface area contributed by atoms with Crippen LogP contribution >= 0.6 is 0 Å². The fourth-order valence-electron chi connectivity index (χ4n) is 1.93. The summed E-state index contributed by atoms with van der Waals surface area (Å²) in [6.07, 6.45) is 3.87. The van der Waals surface area contributed by atoms with Crippen LogP contribution in [0.15, 0.2) is 42.7 Å². The first kappa shape index (κ1) is 13.8. The molecule has 1 atom stereocenters. The number of benzene rings is 1. The van der Waals surface area contributed by atoms with Crippen LogP contribution in [0.1, 0.15) is 19.4 Å². The van der Waals surface area contributed by atoms with Gasteiger partial charge >= 0.3 is 0 Å². The largest absolute Gasteiger partial charge is 0.395 e. The van der Waals surface area contributed by atoms with Crippen LogP contribution < -0.4 is 5.32 Å². The molecule has 0 bridgehead atoms. The van der Waals surface area contributed by atoms with Crippen molar-refractivity contribution >= 4 is 0 Å². The Kier molecular flexibility index (Phi) is 4.71. The molecule has 0 amide bonds. The standard InChI is InChI=1S/C15H21N3O/c1-12(2)15(11-19)16-8-13-9-17-18(10-13)14-6-4-3-5-7-14/h3-7,9-10,12,15-16,19H,8,11H2,1-2H3/t15-/m1/s1. The number of nitrogens with zero attached hydrogens (tertiary/aromatic N) is 2. The van der Waals surface area contributed by atoms with E-state index < -0.39 is 0 Å². The first-order chi connectivity index (χ1) is 9.20. The molecule has 0 saturated carbocycles. The van der Waals surface area contributed by atoms with Crippen molar-refractivity contribution in [3.05, 3.63) is 48.3 Å². The van der Waals surface area contributed by atoms with E-state index in [1.807, 2.05) is 47.4 Å². The summed E-state index contributed by atoms with van der Waals surface area (Å²) < 4.78 is 1.86. The number of hydrogen-bond donors (Lipinski definition) is 2. The molecule has 1 aromatic heterocycles. The van der Waals surface area contributed by atoms with Crippen LogP contribution in [0.5, 0.6) is 0 Å². The molecule has 0 spiro atoms. The molecule has 0 saturated heterocycles. The number of rotatable bonds is 6. The van der Waals surface area contributed by atoms with E-state index in [4.69, 9.17) is 0 Å². The minimum absolute atomic E-state index is 0.125. The van der Waals surface area contributed by atoms with Crippen LogP contribution in [-0.4, -0.2) is 27.5 Å². The Labute approximate surface area is 114 Å². The predicted octanol–water partition coefficient (Wildman–Crippen LogP) is 1.98. The highest BCUT2D eigenvalue weighted by Crippen LogP contribution is 2.08. The highest BCUT2D eigenvalue weighted by molar-refractivity contribution is 5.30. The van der Waals surface area contributed by atoms with Gasteiger partial charge < -0.3 is 10.4 Å². The first-order valence-corrected chi connectivity index (χ1v) is 6.64. The maximum atomic E-state index is 9.27. The van der Waals surface area contributed by atoms with Gasteiger partial charge in [-0.25, -0.2) is 4.68 Å². The van der Waals surface area contributed by atoms with E-state index in [1.54, 1.807) is 0 Å². The quantitative estimate of drug-likeness (QED) is 0.834. The fourth-order valence-corrected chi connectivity index (χ4v) is 1.93. The van der Waals surface area contributed by atoms with Crippen molar-refractivity contribution in [1.82, 2.24) is 15.1 Å². The molecule has 0 aliphatic carbocycles. The molecule has 19 heavy (non-hydrogen) atoms. The van der Waals surface area contributed by atoms with Gasteiger partial charge in [0.25, 0.3) is 0 Å². The average Bonchev–Trinajstić information content (AvgIpc) is 2.89. The summed E-state index contributed by atoms with van der Waals surface area (Å²) in [7, 11) is 0. The minimum atomic E-state index is 0.125. The maximum absolute atomic E-state index is 9.27. The number of aliphatic hydroxyl groups excluding tert-OH is 1. The van der Waals surface area contributed by atoms with E-state index in [1.165, 1.54) is 0 Å². The average molecular weight is 259 g/mol. The van der Waals surface area contributed by atoms with Gasteiger partial charge in [-0.05, 0) is 18.1 Å². The van der Waals surface area contributed by atoms with Crippen molar-refractivity contribution in [3.8, 4) is 5.69 Å². The summed E-state index contributed by atoms with van der Waals surface area (Å²) in [5.41, 5.74) is 2.17. The zero-order chi connectivity index (χ0) is 13.7. The zero-order valence-electron chi connectivity index (χ0n) is 11.5. The van der Waals surface area contributed by atoms with Crippen LogP contribution in [0.3, 0.4) is 0 Å². The van der Waals surface area contributed by atoms with Gasteiger partial charge in [0, 0.05) is 24.3 Å². The zero-order valence-corrected chi connectivity index (χ0v) is 11.5. The van der Waals surface area contributed by atoms with Crippen molar-refractivity contribution in [2.75, 3.05) is 6.61 Å². The molecule has 0 aliphatic rings. The van der Waals surface area contributed by atoms with Crippen LogP contribution in [-0.2, 0) is 6.54 Å². The number of nitrogens with one attached hydrogen (secondary N) is 1. The second kappa shape index (κ2) is 6.50. The summed E-state index contributed by atoms with van der Waals surface area (Å²) in [6.45, 7) is 5.07. The van der Waals surface area contributed by atoms with Gasteiger partial charge in [-0.15, -0.1) is 0 Å². The van der Waals surface area contributed by atoms with Crippen molar-refractivity contribution in [3.63, 3.8) is 0 Å². The summed E-state index contributed by atoms with van der Waals surface area (Å²) in [5.74, 6) is 0.411. The van der Waals surface area contributed by atoms with E-state index in [2.05, 4.69) is 24.3 Å². The Morgan fingerprint density at radius 2 is 2.00 bits per heavy atom. The fraction of sp³-hybridized carbons (Fsp3) is 0.400. The number of hydrogen-bond acceptors (Lipinski definition) is 3. The van der Waals surface area contributed by atoms with Gasteiger partial charge in [-0.1, -0.05) is 32.0 Å². The van der Waals surface area contributed by atoms with Crippen LogP contribution in [0.4, 0.5) is 0 Å². The van der Waals surface area contributed by atoms with Gasteiger partial charge in [0.05, 0.1) is 18.5 Å². The molecular formula is C15H21N3O. The lowest BCUT2D eigenvalue weighted by Gasteiger charge is -2.19. The lowest BCUT2D eigenvalue weighted by molar-refractivity contribution is 0.210. The van der Waals surface area contributed by atoms with Gasteiger partial charge in [0.15, 0.2) is 0 Å². The second-order valence-electron chi connectivity index (χ2n) is 5.04. The van der Waals surface area contributed by atoms with E-state index in [0.29, 0.717) is 5.92 Å². The van der Waals surface area contributed by atoms with Crippen LogP contribution in [0.2, 0.25) is 0 Å². The summed E-state index contributed by atoms with van der Waals surface area (Å²) >= 11 is 0. The third kappa shape index (κ3) is 3.66. The third-order valence-corrected chi connectivity index (χ3v) is 3.23. The molecule has 2 N–H and O–H groups in total. The Hall–Kier alpha value is -1.65. The normalized spacial score (nSPS) is 12.8. The monoisotopic (exact) mass is 259 g/mol. The molecule has 0 fully saturated rings.